The summed E-state index contributed by atoms with van der Waals surface area (Å²) >= 11 is 1.62. The third-order valence-electron chi connectivity index (χ3n) is 2.19. The minimum atomic E-state index is 0.482. The second-order valence-electron chi connectivity index (χ2n) is 4.09. The molecule has 2 aromatic heterocycles. The van der Waals surface area contributed by atoms with E-state index in [0.29, 0.717) is 6.04 Å². The zero-order chi connectivity index (χ0) is 11.5. The van der Waals surface area contributed by atoms with E-state index in [2.05, 4.69) is 29.5 Å². The largest absolute Gasteiger partial charge is 0.459 e. The van der Waals surface area contributed by atoms with Crippen LogP contribution in [0.4, 0.5) is 0 Å². The zero-order valence-electron chi connectivity index (χ0n) is 9.78. The average Bonchev–Trinajstić information content (AvgIpc) is 2.83. The molecule has 3 nitrogen and oxygen atoms in total. The highest BCUT2D eigenvalue weighted by atomic mass is 32.1. The SMILES string of the molecule is Cc1ccc(-c2nc(CNC(C)C)cs2)o1. The average molecular weight is 236 g/mol. The first-order valence-corrected chi connectivity index (χ1v) is 6.27. The highest BCUT2D eigenvalue weighted by Gasteiger charge is 2.08. The lowest BCUT2D eigenvalue weighted by Crippen LogP contribution is -2.21. The van der Waals surface area contributed by atoms with E-state index in [9.17, 15) is 0 Å². The monoisotopic (exact) mass is 236 g/mol. The van der Waals surface area contributed by atoms with E-state index in [1.165, 1.54) is 0 Å². The van der Waals surface area contributed by atoms with E-state index in [4.69, 9.17) is 4.42 Å². The minimum Gasteiger partial charge on any atom is -0.459 e. The molecule has 0 unspecified atom stereocenters. The quantitative estimate of drug-likeness (QED) is 0.885. The van der Waals surface area contributed by atoms with Crippen molar-refractivity contribution >= 4 is 11.3 Å². The van der Waals surface area contributed by atoms with Gasteiger partial charge in [-0.3, -0.25) is 0 Å². The molecule has 0 fully saturated rings. The molecule has 0 aliphatic carbocycles. The number of nitrogens with zero attached hydrogens (tertiary/aromatic N) is 1. The van der Waals surface area contributed by atoms with E-state index in [-0.39, 0.29) is 0 Å². The molecule has 0 bridgehead atoms. The van der Waals surface area contributed by atoms with Crippen molar-refractivity contribution in [3.05, 3.63) is 29.0 Å². The number of furan rings is 1. The van der Waals surface area contributed by atoms with Crippen molar-refractivity contribution in [1.82, 2.24) is 10.3 Å². The molecule has 0 saturated heterocycles. The van der Waals surface area contributed by atoms with Gasteiger partial charge in [0.1, 0.15) is 5.76 Å². The van der Waals surface area contributed by atoms with Crippen molar-refractivity contribution in [3.8, 4) is 10.8 Å². The molecule has 0 saturated carbocycles. The van der Waals surface area contributed by atoms with Gasteiger partial charge >= 0.3 is 0 Å². The normalized spacial score (nSPS) is 11.2. The summed E-state index contributed by atoms with van der Waals surface area (Å²) in [6.07, 6.45) is 0. The Morgan fingerprint density at radius 2 is 2.25 bits per heavy atom. The van der Waals surface area contributed by atoms with Gasteiger partial charge in [0.05, 0.1) is 5.69 Å². The Morgan fingerprint density at radius 1 is 1.44 bits per heavy atom. The topological polar surface area (TPSA) is 38.1 Å². The molecular formula is C12H16N2OS. The van der Waals surface area contributed by atoms with Gasteiger partial charge in [0.25, 0.3) is 0 Å². The third kappa shape index (κ3) is 2.71. The van der Waals surface area contributed by atoms with Gasteiger partial charge in [0.2, 0.25) is 0 Å². The van der Waals surface area contributed by atoms with E-state index in [1.54, 1.807) is 11.3 Å². The highest BCUT2D eigenvalue weighted by Crippen LogP contribution is 2.25. The maximum Gasteiger partial charge on any atom is 0.162 e. The van der Waals surface area contributed by atoms with Gasteiger partial charge in [0.15, 0.2) is 10.8 Å². The van der Waals surface area contributed by atoms with E-state index in [0.717, 1.165) is 28.8 Å². The van der Waals surface area contributed by atoms with Crippen LogP contribution < -0.4 is 5.32 Å². The van der Waals surface area contributed by atoms with E-state index >= 15 is 0 Å². The first-order valence-electron chi connectivity index (χ1n) is 5.40. The van der Waals surface area contributed by atoms with Crippen LogP contribution in [0.1, 0.15) is 25.3 Å². The van der Waals surface area contributed by atoms with Crippen LogP contribution in [0.5, 0.6) is 0 Å². The Balaban J connectivity index is 2.07. The smallest absolute Gasteiger partial charge is 0.162 e. The molecule has 0 radical (unpaired) electrons. The Bertz CT molecular complexity index is 459. The number of aryl methyl sites for hydroxylation is 1. The number of hydrogen-bond acceptors (Lipinski definition) is 4. The number of hydrogen-bond donors (Lipinski definition) is 1. The van der Waals surface area contributed by atoms with Crippen LogP contribution in [0, 0.1) is 6.92 Å². The van der Waals surface area contributed by atoms with Crippen molar-refractivity contribution < 1.29 is 4.42 Å². The summed E-state index contributed by atoms with van der Waals surface area (Å²) in [7, 11) is 0. The molecule has 86 valence electrons. The summed E-state index contributed by atoms with van der Waals surface area (Å²) in [6, 6.07) is 4.41. The molecule has 0 atom stereocenters. The van der Waals surface area contributed by atoms with Gasteiger partial charge in [-0.05, 0) is 19.1 Å². The molecule has 0 amide bonds. The van der Waals surface area contributed by atoms with E-state index in [1.807, 2.05) is 19.1 Å². The summed E-state index contributed by atoms with van der Waals surface area (Å²) < 4.78 is 5.54. The van der Waals surface area contributed by atoms with Gasteiger partial charge in [0, 0.05) is 18.0 Å². The summed E-state index contributed by atoms with van der Waals surface area (Å²) in [5.41, 5.74) is 1.07. The Kier molecular flexibility index (Phi) is 3.41. The van der Waals surface area contributed by atoms with Gasteiger partial charge in [-0.15, -0.1) is 11.3 Å². The summed E-state index contributed by atoms with van der Waals surface area (Å²) in [5, 5.41) is 6.37. The van der Waals surface area contributed by atoms with Crippen LogP contribution in [0.2, 0.25) is 0 Å². The van der Waals surface area contributed by atoms with Crippen LogP contribution in [0.15, 0.2) is 21.9 Å². The second-order valence-corrected chi connectivity index (χ2v) is 4.95. The highest BCUT2D eigenvalue weighted by molar-refractivity contribution is 7.13. The first-order chi connectivity index (χ1) is 7.65. The van der Waals surface area contributed by atoms with Gasteiger partial charge in [-0.2, -0.15) is 0 Å². The maximum absolute atomic E-state index is 5.54. The molecule has 2 aromatic rings. The summed E-state index contributed by atoms with van der Waals surface area (Å²) in [4.78, 5) is 4.53. The molecule has 0 aliphatic rings. The van der Waals surface area contributed by atoms with Crippen molar-refractivity contribution in [2.24, 2.45) is 0 Å². The standard InChI is InChI=1S/C12H16N2OS/c1-8(2)13-6-10-7-16-12(14-10)11-5-4-9(3)15-11/h4-5,7-8,13H,6H2,1-3H3. The lowest BCUT2D eigenvalue weighted by atomic mass is 10.3. The van der Waals surface area contributed by atoms with Gasteiger partial charge in [-0.25, -0.2) is 4.98 Å². The molecule has 1 N–H and O–H groups in total. The zero-order valence-corrected chi connectivity index (χ0v) is 10.6. The van der Waals surface area contributed by atoms with Crippen molar-refractivity contribution in [3.63, 3.8) is 0 Å². The number of aromatic nitrogens is 1. The summed E-state index contributed by atoms with van der Waals surface area (Å²) in [6.45, 7) is 7.01. The summed E-state index contributed by atoms with van der Waals surface area (Å²) in [5.74, 6) is 1.78. The maximum atomic E-state index is 5.54. The van der Waals surface area contributed by atoms with Crippen LogP contribution in [0.3, 0.4) is 0 Å². The molecule has 4 heteroatoms. The predicted molar refractivity (Wildman–Crippen MR) is 66.5 cm³/mol. The second kappa shape index (κ2) is 4.80. The van der Waals surface area contributed by atoms with Crippen LogP contribution >= 0.6 is 11.3 Å². The number of rotatable bonds is 4. The molecule has 2 heterocycles. The Hall–Kier alpha value is -1.13. The van der Waals surface area contributed by atoms with Gasteiger partial charge in [-0.1, -0.05) is 13.8 Å². The first kappa shape index (κ1) is 11.4. The van der Waals surface area contributed by atoms with Crippen molar-refractivity contribution in [2.45, 2.75) is 33.4 Å². The van der Waals surface area contributed by atoms with Crippen LogP contribution in [0.25, 0.3) is 10.8 Å². The van der Waals surface area contributed by atoms with Crippen LogP contribution in [-0.4, -0.2) is 11.0 Å². The molecule has 16 heavy (non-hydrogen) atoms. The molecule has 0 aliphatic heterocycles. The fraction of sp³-hybridized carbons (Fsp3) is 0.417. The van der Waals surface area contributed by atoms with Crippen LogP contribution in [-0.2, 0) is 6.54 Å². The molecule has 0 aromatic carbocycles. The lowest BCUT2D eigenvalue weighted by Gasteiger charge is -2.04. The van der Waals surface area contributed by atoms with E-state index < -0.39 is 0 Å². The predicted octanol–water partition coefficient (Wildman–Crippen LogP) is 3.21. The fourth-order valence-electron chi connectivity index (χ4n) is 1.36. The van der Waals surface area contributed by atoms with Gasteiger partial charge < -0.3 is 9.73 Å². The lowest BCUT2D eigenvalue weighted by molar-refractivity contribution is 0.547. The fourth-order valence-corrected chi connectivity index (χ4v) is 2.14. The number of thiazole rings is 1. The Labute approximate surface area is 99.5 Å². The minimum absolute atomic E-state index is 0.482. The molecule has 2 rings (SSSR count). The van der Waals surface area contributed by atoms with Crippen molar-refractivity contribution in [1.29, 1.82) is 0 Å². The molecule has 0 spiro atoms. The number of nitrogens with one attached hydrogen (secondary N) is 1. The molecular weight excluding hydrogens is 220 g/mol. The van der Waals surface area contributed by atoms with Crippen molar-refractivity contribution in [2.75, 3.05) is 0 Å². The Morgan fingerprint density at radius 3 is 2.88 bits per heavy atom. The third-order valence-corrected chi connectivity index (χ3v) is 3.10.